The standard InChI is InChI=1S/C16H18N2O3/c1-18-9-8-14(17-18)15(19)6-4-12-5-7-16(21-3)13(10-12)11-20-2/h4-10H,11H2,1-3H3/b6-4+. The van der Waals surface area contributed by atoms with E-state index in [1.807, 2.05) is 18.2 Å². The van der Waals surface area contributed by atoms with Crippen molar-refractivity contribution in [2.75, 3.05) is 14.2 Å². The van der Waals surface area contributed by atoms with Gasteiger partial charge in [-0.25, -0.2) is 0 Å². The fourth-order valence-corrected chi connectivity index (χ4v) is 1.97. The normalized spacial score (nSPS) is 11.0. The summed E-state index contributed by atoms with van der Waals surface area (Å²) in [5.74, 6) is 0.643. The number of aromatic nitrogens is 2. The number of ketones is 1. The molecule has 0 fully saturated rings. The van der Waals surface area contributed by atoms with Crippen LogP contribution in [0, 0.1) is 0 Å². The molecule has 0 saturated carbocycles. The van der Waals surface area contributed by atoms with E-state index in [0.717, 1.165) is 16.9 Å². The van der Waals surface area contributed by atoms with Crippen LogP contribution in [-0.2, 0) is 18.4 Å². The molecule has 1 aromatic carbocycles. The third-order valence-electron chi connectivity index (χ3n) is 3.00. The molecule has 2 rings (SSSR count). The van der Waals surface area contributed by atoms with Crippen LogP contribution in [-0.4, -0.2) is 29.8 Å². The molecular weight excluding hydrogens is 268 g/mol. The van der Waals surface area contributed by atoms with Crippen LogP contribution < -0.4 is 4.74 Å². The van der Waals surface area contributed by atoms with Crippen LogP contribution >= 0.6 is 0 Å². The number of hydrogen-bond donors (Lipinski definition) is 0. The first-order chi connectivity index (χ1) is 10.1. The van der Waals surface area contributed by atoms with Gasteiger partial charge in [-0.15, -0.1) is 0 Å². The zero-order valence-corrected chi connectivity index (χ0v) is 12.4. The van der Waals surface area contributed by atoms with E-state index in [0.29, 0.717) is 12.3 Å². The number of carbonyl (C=O) groups excluding carboxylic acids is 1. The molecule has 0 aliphatic rings. The summed E-state index contributed by atoms with van der Waals surface area (Å²) in [6.45, 7) is 0.457. The Morgan fingerprint density at radius 3 is 2.76 bits per heavy atom. The summed E-state index contributed by atoms with van der Waals surface area (Å²) in [5, 5.41) is 4.07. The maximum Gasteiger partial charge on any atom is 0.206 e. The fourth-order valence-electron chi connectivity index (χ4n) is 1.97. The van der Waals surface area contributed by atoms with E-state index in [9.17, 15) is 4.79 Å². The van der Waals surface area contributed by atoms with E-state index < -0.39 is 0 Å². The van der Waals surface area contributed by atoms with E-state index in [2.05, 4.69) is 5.10 Å². The maximum atomic E-state index is 12.0. The Bertz CT molecular complexity index is 659. The number of aryl methyl sites for hydroxylation is 1. The van der Waals surface area contributed by atoms with Gasteiger partial charge in [0, 0.05) is 25.9 Å². The molecule has 1 heterocycles. The molecule has 0 unspecified atom stereocenters. The molecule has 0 N–H and O–H groups in total. The predicted octanol–water partition coefficient (Wildman–Crippen LogP) is 2.47. The highest BCUT2D eigenvalue weighted by Crippen LogP contribution is 2.21. The summed E-state index contributed by atoms with van der Waals surface area (Å²) < 4.78 is 12.0. The number of hydrogen-bond acceptors (Lipinski definition) is 4. The highest BCUT2D eigenvalue weighted by molar-refractivity contribution is 6.05. The van der Waals surface area contributed by atoms with Crippen LogP contribution in [0.1, 0.15) is 21.6 Å². The lowest BCUT2D eigenvalue weighted by Crippen LogP contribution is -1.98. The number of ether oxygens (including phenoxy) is 2. The Hall–Kier alpha value is -2.40. The van der Waals surface area contributed by atoms with Crippen molar-refractivity contribution in [1.82, 2.24) is 9.78 Å². The van der Waals surface area contributed by atoms with Crippen molar-refractivity contribution < 1.29 is 14.3 Å². The summed E-state index contributed by atoms with van der Waals surface area (Å²) in [4.78, 5) is 12.0. The van der Waals surface area contributed by atoms with Crippen LogP contribution in [0.5, 0.6) is 5.75 Å². The van der Waals surface area contributed by atoms with Gasteiger partial charge in [0.1, 0.15) is 11.4 Å². The van der Waals surface area contributed by atoms with Crippen molar-refractivity contribution in [3.8, 4) is 5.75 Å². The third kappa shape index (κ3) is 3.79. The van der Waals surface area contributed by atoms with Crippen LogP contribution in [0.4, 0.5) is 0 Å². The third-order valence-corrected chi connectivity index (χ3v) is 3.00. The maximum absolute atomic E-state index is 12.0. The van der Waals surface area contributed by atoms with Crippen molar-refractivity contribution >= 4 is 11.9 Å². The van der Waals surface area contributed by atoms with Crippen molar-refractivity contribution in [3.63, 3.8) is 0 Å². The second-order valence-electron chi connectivity index (χ2n) is 4.58. The Kier molecular flexibility index (Phi) is 4.90. The van der Waals surface area contributed by atoms with E-state index in [1.165, 1.54) is 6.08 Å². The Morgan fingerprint density at radius 1 is 1.33 bits per heavy atom. The monoisotopic (exact) mass is 286 g/mol. The van der Waals surface area contributed by atoms with E-state index in [1.54, 1.807) is 44.3 Å². The fraction of sp³-hybridized carbons (Fsp3) is 0.250. The van der Waals surface area contributed by atoms with Gasteiger partial charge in [0.25, 0.3) is 0 Å². The number of rotatable bonds is 6. The minimum Gasteiger partial charge on any atom is -0.496 e. The second-order valence-corrected chi connectivity index (χ2v) is 4.58. The quantitative estimate of drug-likeness (QED) is 0.604. The summed E-state index contributed by atoms with van der Waals surface area (Å²) in [6, 6.07) is 7.38. The summed E-state index contributed by atoms with van der Waals surface area (Å²) in [5.41, 5.74) is 2.28. The van der Waals surface area contributed by atoms with Gasteiger partial charge in [-0.3, -0.25) is 9.48 Å². The van der Waals surface area contributed by atoms with Gasteiger partial charge in [-0.05, 0) is 29.8 Å². The molecular formula is C16H18N2O3. The molecule has 0 bridgehead atoms. The average Bonchev–Trinajstić information content (AvgIpc) is 2.92. The zero-order chi connectivity index (χ0) is 15.2. The van der Waals surface area contributed by atoms with Gasteiger partial charge in [-0.1, -0.05) is 12.1 Å². The van der Waals surface area contributed by atoms with Gasteiger partial charge in [0.05, 0.1) is 13.7 Å². The van der Waals surface area contributed by atoms with Crippen molar-refractivity contribution in [1.29, 1.82) is 0 Å². The average molecular weight is 286 g/mol. The van der Waals surface area contributed by atoms with Crippen molar-refractivity contribution in [2.24, 2.45) is 7.05 Å². The van der Waals surface area contributed by atoms with Gasteiger partial charge < -0.3 is 9.47 Å². The lowest BCUT2D eigenvalue weighted by atomic mass is 10.1. The number of carbonyl (C=O) groups is 1. The second kappa shape index (κ2) is 6.85. The van der Waals surface area contributed by atoms with Crippen LogP contribution in [0.25, 0.3) is 6.08 Å². The molecule has 0 aliphatic carbocycles. The zero-order valence-electron chi connectivity index (χ0n) is 12.4. The molecule has 0 amide bonds. The topological polar surface area (TPSA) is 53.4 Å². The number of allylic oxidation sites excluding steroid dienone is 1. The molecule has 5 nitrogen and oxygen atoms in total. The highest BCUT2D eigenvalue weighted by Gasteiger charge is 2.06. The minimum absolute atomic E-state index is 0.125. The minimum atomic E-state index is -0.125. The number of methoxy groups -OCH3 is 2. The Morgan fingerprint density at radius 2 is 2.14 bits per heavy atom. The van der Waals surface area contributed by atoms with Gasteiger partial charge in [-0.2, -0.15) is 5.10 Å². The lowest BCUT2D eigenvalue weighted by molar-refractivity contribution is 0.104. The number of nitrogens with zero attached hydrogens (tertiary/aromatic N) is 2. The first kappa shape index (κ1) is 15.0. The molecule has 2 aromatic rings. The summed E-state index contributed by atoms with van der Waals surface area (Å²) >= 11 is 0. The largest absolute Gasteiger partial charge is 0.496 e. The van der Waals surface area contributed by atoms with Crippen molar-refractivity contribution in [2.45, 2.75) is 6.61 Å². The number of benzene rings is 1. The molecule has 0 atom stereocenters. The van der Waals surface area contributed by atoms with Crippen molar-refractivity contribution in [3.05, 3.63) is 53.4 Å². The van der Waals surface area contributed by atoms with Gasteiger partial charge in [0.15, 0.2) is 0 Å². The van der Waals surface area contributed by atoms with E-state index in [-0.39, 0.29) is 5.78 Å². The smallest absolute Gasteiger partial charge is 0.206 e. The lowest BCUT2D eigenvalue weighted by Gasteiger charge is -2.08. The molecule has 21 heavy (non-hydrogen) atoms. The molecule has 1 aromatic heterocycles. The molecule has 5 heteroatoms. The van der Waals surface area contributed by atoms with Crippen LogP contribution in [0.15, 0.2) is 36.5 Å². The van der Waals surface area contributed by atoms with E-state index in [4.69, 9.17) is 9.47 Å². The predicted molar refractivity (Wildman–Crippen MR) is 80.3 cm³/mol. The first-order valence-electron chi connectivity index (χ1n) is 6.52. The van der Waals surface area contributed by atoms with Crippen LogP contribution in [0.3, 0.4) is 0 Å². The molecule has 0 saturated heterocycles. The molecule has 0 aliphatic heterocycles. The Balaban J connectivity index is 2.17. The molecule has 0 radical (unpaired) electrons. The molecule has 0 spiro atoms. The highest BCUT2D eigenvalue weighted by atomic mass is 16.5. The Labute approximate surface area is 123 Å². The van der Waals surface area contributed by atoms with Crippen LogP contribution in [0.2, 0.25) is 0 Å². The van der Waals surface area contributed by atoms with Gasteiger partial charge in [0.2, 0.25) is 5.78 Å². The summed E-state index contributed by atoms with van der Waals surface area (Å²) in [7, 11) is 5.03. The molecule has 110 valence electrons. The summed E-state index contributed by atoms with van der Waals surface area (Å²) in [6.07, 6.45) is 5.02. The first-order valence-corrected chi connectivity index (χ1v) is 6.52. The van der Waals surface area contributed by atoms with Gasteiger partial charge >= 0.3 is 0 Å². The van der Waals surface area contributed by atoms with E-state index >= 15 is 0 Å². The SMILES string of the molecule is COCc1cc(/C=C/C(=O)c2ccn(C)n2)ccc1OC.